The Labute approximate surface area is 313 Å². The molecule has 4 aliphatic rings. The van der Waals surface area contributed by atoms with Crippen molar-refractivity contribution in [3.63, 3.8) is 0 Å². The number of nitrogens with one attached hydrogen (secondary N) is 3. The van der Waals surface area contributed by atoms with Gasteiger partial charge in [0.1, 0.15) is 29.5 Å². The van der Waals surface area contributed by atoms with E-state index >= 15 is 0 Å². The zero-order valence-electron chi connectivity index (χ0n) is 31.0. The number of fused-ring (bicyclic) bond motifs is 3. The van der Waals surface area contributed by atoms with Crippen LogP contribution in [-0.2, 0) is 24.4 Å². The number of hydrogen-bond donors (Lipinski definition) is 4. The van der Waals surface area contributed by atoms with E-state index in [0.717, 1.165) is 0 Å². The molecule has 2 aromatic rings. The van der Waals surface area contributed by atoms with E-state index < -0.39 is 80.0 Å². The van der Waals surface area contributed by atoms with Crippen LogP contribution in [0.2, 0.25) is 0 Å². The second-order valence-corrected chi connectivity index (χ2v) is 17.4. The molecule has 2 aliphatic heterocycles. The first-order valence-corrected chi connectivity index (χ1v) is 19.8. The second-order valence-electron chi connectivity index (χ2n) is 15.2. The summed E-state index contributed by atoms with van der Waals surface area (Å²) in [5.41, 5.74) is -1.60. The maximum atomic E-state index is 15.0. The number of carboxylic acid groups (broad SMARTS) is 1. The van der Waals surface area contributed by atoms with Gasteiger partial charge in [0.2, 0.25) is 27.7 Å². The van der Waals surface area contributed by atoms with Gasteiger partial charge in [-0.3, -0.25) is 19.1 Å². The summed E-state index contributed by atoms with van der Waals surface area (Å²) in [6.45, 7) is 5.27. The lowest BCUT2D eigenvalue weighted by Crippen LogP contribution is -2.59. The van der Waals surface area contributed by atoms with E-state index in [-0.39, 0.29) is 42.3 Å². The Kier molecular flexibility index (Phi) is 10.7. The van der Waals surface area contributed by atoms with Crippen LogP contribution in [0.4, 0.5) is 9.18 Å². The summed E-state index contributed by atoms with van der Waals surface area (Å²) in [5.74, 6) is -3.47. The first-order valence-electron chi connectivity index (χ1n) is 18.3. The fraction of sp³-hybridized carbons (Fsp3) is 0.595. The highest BCUT2D eigenvalue weighted by Gasteiger charge is 2.63. The van der Waals surface area contributed by atoms with E-state index in [9.17, 15) is 37.1 Å². The second kappa shape index (κ2) is 14.9. The lowest BCUT2D eigenvalue weighted by Gasteiger charge is -2.33. The maximum Gasteiger partial charge on any atom is 0.405 e. The minimum atomic E-state index is -4.04. The molecule has 4 N–H and O–H groups in total. The molecule has 0 radical (unpaired) electrons. The Bertz CT molecular complexity index is 1970. The average molecular weight is 774 g/mol. The molecule has 3 heterocycles. The molecule has 54 heavy (non-hydrogen) atoms. The summed E-state index contributed by atoms with van der Waals surface area (Å²) in [4.78, 5) is 60.5. The van der Waals surface area contributed by atoms with Gasteiger partial charge in [-0.15, -0.1) is 0 Å². The van der Waals surface area contributed by atoms with Crippen molar-refractivity contribution in [3.05, 3.63) is 36.3 Å². The first-order chi connectivity index (χ1) is 25.6. The van der Waals surface area contributed by atoms with Crippen LogP contribution in [0, 0.1) is 23.6 Å². The number of amides is 4. The predicted molar refractivity (Wildman–Crippen MR) is 194 cm³/mol. The number of pyridine rings is 1. The average Bonchev–Trinajstić information content (AvgIpc) is 4.01. The van der Waals surface area contributed by atoms with Gasteiger partial charge in [-0.25, -0.2) is 22.6 Å². The summed E-state index contributed by atoms with van der Waals surface area (Å²) in [5, 5.41) is 15.8. The highest BCUT2D eigenvalue weighted by molar-refractivity contribution is 7.91. The van der Waals surface area contributed by atoms with Gasteiger partial charge in [0.05, 0.1) is 37.1 Å². The van der Waals surface area contributed by atoms with Gasteiger partial charge in [0, 0.05) is 17.7 Å². The molecule has 294 valence electrons. The molecule has 17 heteroatoms. The standard InChI is InChI=1S/C37H48FN5O10S/c1-6-21-13-20(2)9-7-8-10-22-17-37(22,34(46)42-54(49,50)36(3)11-12-36)41-31(44)27-14-23(19-43(27)33(45)30(21)40-35(47)48)53-32-25-15-26(38)28(51-4)16-24(25)29(52-5)18-39-32/h8,10,15-16,18,20-23,27,30,40H,6-7,9,11-14,17,19H2,1-5H3,(H,41,44)(H,42,46)(H,47,48)/b10-8-/t20-,21-,22-,23-,27+,30+,37-/m1/s1. The van der Waals surface area contributed by atoms with Crippen molar-refractivity contribution in [3.8, 4) is 17.4 Å². The van der Waals surface area contributed by atoms with E-state index in [2.05, 4.69) is 20.3 Å². The lowest BCUT2D eigenvalue weighted by molar-refractivity contribution is -0.142. The van der Waals surface area contributed by atoms with E-state index in [4.69, 9.17) is 14.2 Å². The third-order valence-electron chi connectivity index (χ3n) is 11.5. The molecule has 0 unspecified atom stereocenters. The van der Waals surface area contributed by atoms with Gasteiger partial charge in [0.25, 0.3) is 5.91 Å². The first kappa shape index (κ1) is 39.0. The summed E-state index contributed by atoms with van der Waals surface area (Å²) in [7, 11) is -1.28. The van der Waals surface area contributed by atoms with Crippen LogP contribution in [0.3, 0.4) is 0 Å². The fourth-order valence-corrected chi connectivity index (χ4v) is 9.02. The zero-order valence-corrected chi connectivity index (χ0v) is 31.8. The predicted octanol–water partition coefficient (Wildman–Crippen LogP) is 3.65. The van der Waals surface area contributed by atoms with Gasteiger partial charge in [-0.1, -0.05) is 32.4 Å². The van der Waals surface area contributed by atoms with Crippen LogP contribution in [-0.4, -0.2) is 96.5 Å². The van der Waals surface area contributed by atoms with Gasteiger partial charge in [-0.2, -0.15) is 0 Å². The van der Waals surface area contributed by atoms with Crippen LogP contribution in [0.25, 0.3) is 10.8 Å². The van der Waals surface area contributed by atoms with Gasteiger partial charge in [-0.05, 0) is 69.4 Å². The Morgan fingerprint density at radius 1 is 1.13 bits per heavy atom. The molecule has 1 aromatic carbocycles. The minimum Gasteiger partial charge on any atom is -0.494 e. The molecule has 1 saturated heterocycles. The largest absolute Gasteiger partial charge is 0.494 e. The number of hydrogen-bond acceptors (Lipinski definition) is 10. The maximum absolute atomic E-state index is 15.0. The molecule has 2 saturated carbocycles. The third kappa shape index (κ3) is 7.51. The third-order valence-corrected chi connectivity index (χ3v) is 13.6. The Balaban J connectivity index is 1.37. The highest BCUT2D eigenvalue weighted by Crippen LogP contribution is 2.48. The SMILES string of the molecule is CC[C@@H]1C[C@H](C)CC/C=C\[C@@H]2C[C@@]2(C(=O)NS(=O)(=O)C2(C)CC2)NC(=O)[C@@H]2C[C@@H](Oc3ncc(OC)c4cc(OC)c(F)cc34)CN2C(=O)[C@H]1NC(=O)O. The van der Waals surface area contributed by atoms with E-state index in [0.29, 0.717) is 49.7 Å². The number of carbonyl (C=O) groups is 4. The molecular weight excluding hydrogens is 725 g/mol. The quantitative estimate of drug-likeness (QED) is 0.271. The normalized spacial score (nSPS) is 30.1. The summed E-state index contributed by atoms with van der Waals surface area (Å²) >= 11 is 0. The van der Waals surface area contributed by atoms with Crippen molar-refractivity contribution in [2.45, 2.75) is 101 Å². The molecule has 2 aliphatic carbocycles. The molecule has 0 bridgehead atoms. The summed E-state index contributed by atoms with van der Waals surface area (Å²) < 4.78 is 59.3. The Morgan fingerprint density at radius 3 is 2.50 bits per heavy atom. The molecular formula is C37H48FN5O10S. The Hall–Kier alpha value is -4.67. The summed E-state index contributed by atoms with van der Waals surface area (Å²) in [6.07, 6.45) is 6.00. The van der Waals surface area contributed by atoms with Crippen molar-refractivity contribution in [2.24, 2.45) is 17.8 Å². The number of halogens is 1. The number of benzene rings is 1. The van der Waals surface area contributed by atoms with Crippen molar-refractivity contribution in [1.82, 2.24) is 25.2 Å². The van der Waals surface area contributed by atoms with Crippen molar-refractivity contribution in [2.75, 3.05) is 20.8 Å². The van der Waals surface area contributed by atoms with Gasteiger partial charge >= 0.3 is 6.09 Å². The number of ether oxygens (including phenoxy) is 3. The van der Waals surface area contributed by atoms with E-state index in [1.54, 1.807) is 6.92 Å². The van der Waals surface area contributed by atoms with Crippen molar-refractivity contribution < 1.29 is 51.3 Å². The minimum absolute atomic E-state index is 0.00422. The lowest BCUT2D eigenvalue weighted by atomic mass is 9.85. The number of rotatable bonds is 9. The van der Waals surface area contributed by atoms with Crippen molar-refractivity contribution in [1.29, 1.82) is 0 Å². The molecule has 15 nitrogen and oxygen atoms in total. The van der Waals surface area contributed by atoms with Crippen molar-refractivity contribution >= 4 is 44.6 Å². The van der Waals surface area contributed by atoms with Crippen LogP contribution in [0.15, 0.2) is 30.5 Å². The van der Waals surface area contributed by atoms with Crippen LogP contribution >= 0.6 is 0 Å². The molecule has 3 fully saturated rings. The monoisotopic (exact) mass is 773 g/mol. The molecule has 4 amide bonds. The van der Waals surface area contributed by atoms with Crippen LogP contribution in [0.5, 0.6) is 17.4 Å². The number of aromatic nitrogens is 1. The smallest absolute Gasteiger partial charge is 0.405 e. The molecule has 0 spiro atoms. The number of sulfonamides is 1. The number of methoxy groups -OCH3 is 2. The summed E-state index contributed by atoms with van der Waals surface area (Å²) in [6, 6.07) is 0.164. The zero-order chi connectivity index (χ0) is 39.2. The van der Waals surface area contributed by atoms with E-state index in [1.807, 2.05) is 26.0 Å². The Morgan fingerprint density at radius 2 is 1.85 bits per heavy atom. The molecule has 1 aromatic heterocycles. The van der Waals surface area contributed by atoms with Gasteiger partial charge in [0.15, 0.2) is 11.6 Å². The highest BCUT2D eigenvalue weighted by atomic mass is 32.2. The van der Waals surface area contributed by atoms with E-state index in [1.165, 1.54) is 37.4 Å². The number of allylic oxidation sites excluding steroid dienone is 1. The molecule has 6 rings (SSSR count). The van der Waals surface area contributed by atoms with Crippen LogP contribution < -0.4 is 29.6 Å². The van der Waals surface area contributed by atoms with Crippen LogP contribution in [0.1, 0.15) is 72.1 Å². The topological polar surface area (TPSA) is 203 Å². The number of carbonyl (C=O) groups excluding carboxylic acids is 3. The fourth-order valence-electron chi connectivity index (χ4n) is 7.71. The number of nitrogens with zero attached hydrogens (tertiary/aromatic N) is 2. The molecule has 7 atom stereocenters. The van der Waals surface area contributed by atoms with Gasteiger partial charge < -0.3 is 34.9 Å².